The first kappa shape index (κ1) is 33.6. The first-order valence-corrected chi connectivity index (χ1v) is 15.8. The number of ether oxygens (including phenoxy) is 4. The highest BCUT2D eigenvalue weighted by Crippen LogP contribution is 2.36. The third kappa shape index (κ3) is 9.14. The van der Waals surface area contributed by atoms with E-state index in [2.05, 4.69) is 4.98 Å². The molecular weight excluding hydrogens is 609 g/mol. The Balaban J connectivity index is 1.41. The summed E-state index contributed by atoms with van der Waals surface area (Å²) < 4.78 is 38.6. The van der Waals surface area contributed by atoms with Gasteiger partial charge in [-0.25, -0.2) is 9.37 Å². The van der Waals surface area contributed by atoms with Crippen molar-refractivity contribution in [3.63, 3.8) is 0 Å². The molecule has 0 aliphatic rings. The first-order chi connectivity index (χ1) is 22.2. The van der Waals surface area contributed by atoms with Crippen LogP contribution in [0, 0.1) is 5.82 Å². The van der Waals surface area contributed by atoms with Crippen LogP contribution in [0.25, 0.3) is 28.2 Å². The van der Waals surface area contributed by atoms with Crippen LogP contribution in [0.1, 0.15) is 37.5 Å². The number of aromatic amines is 1. The van der Waals surface area contributed by atoms with E-state index in [1.165, 1.54) is 12.1 Å². The van der Waals surface area contributed by atoms with Gasteiger partial charge in [-0.3, -0.25) is 0 Å². The molecule has 0 radical (unpaired) electrons. The lowest BCUT2D eigenvalue weighted by Gasteiger charge is -2.22. The second kappa shape index (κ2) is 15.7. The molecule has 2 heterocycles. The standard InChI is InChI=1S/C35H41ClFN5O4/c1-35(2,3)46-33-29(14-8-24-6-12-28(37)13-7-24)32(41-42(33)34-39-30-15-11-27(36)22-31(30)40-34)26-9-4-25(5-10-26)23-45-21-20-44-19-18-43-17-16-38/h4-7,9-13,15,22H,8,14,16-21,23,38H2,1-3H3,(H,39,40). The minimum absolute atomic E-state index is 0.261. The molecular formula is C35H41ClFN5O4. The van der Waals surface area contributed by atoms with Crippen molar-refractivity contribution in [3.8, 4) is 23.1 Å². The van der Waals surface area contributed by atoms with Gasteiger partial charge in [0.2, 0.25) is 11.8 Å². The summed E-state index contributed by atoms with van der Waals surface area (Å²) in [5, 5.41) is 5.68. The van der Waals surface area contributed by atoms with Gasteiger partial charge in [-0.15, -0.1) is 0 Å². The number of hydrogen-bond donors (Lipinski definition) is 2. The minimum atomic E-state index is -0.516. The number of rotatable bonds is 16. The number of nitrogens with one attached hydrogen (secondary N) is 1. The van der Waals surface area contributed by atoms with Gasteiger partial charge < -0.3 is 29.7 Å². The lowest BCUT2D eigenvalue weighted by Crippen LogP contribution is -2.25. The maximum atomic E-state index is 13.6. The Morgan fingerprint density at radius 2 is 1.52 bits per heavy atom. The number of aryl methyl sites for hydroxylation is 1. The molecule has 0 saturated carbocycles. The van der Waals surface area contributed by atoms with E-state index in [9.17, 15) is 4.39 Å². The second-order valence-corrected chi connectivity index (χ2v) is 12.3. The molecule has 3 N–H and O–H groups in total. The average molecular weight is 650 g/mol. The molecule has 0 fully saturated rings. The van der Waals surface area contributed by atoms with Crippen LogP contribution in [0.15, 0.2) is 66.7 Å². The Morgan fingerprint density at radius 3 is 2.22 bits per heavy atom. The SMILES string of the molecule is CC(C)(C)Oc1c(CCc2ccc(F)cc2)c(-c2ccc(COCCOCCOCCN)cc2)nn1-c1nc2ccc(Cl)cc2[nH]1. The van der Waals surface area contributed by atoms with Crippen molar-refractivity contribution in [2.24, 2.45) is 5.73 Å². The smallest absolute Gasteiger partial charge is 0.232 e. The van der Waals surface area contributed by atoms with E-state index in [-0.39, 0.29) is 5.82 Å². The van der Waals surface area contributed by atoms with Crippen LogP contribution in [0.2, 0.25) is 5.02 Å². The molecule has 0 bridgehead atoms. The number of hydrogen-bond acceptors (Lipinski definition) is 7. The molecule has 5 rings (SSSR count). The summed E-state index contributed by atoms with van der Waals surface area (Å²) in [5.41, 5.74) is 11.1. The first-order valence-electron chi connectivity index (χ1n) is 15.4. The maximum absolute atomic E-state index is 13.6. The molecule has 0 aliphatic heterocycles. The normalized spacial score (nSPS) is 11.9. The highest BCUT2D eigenvalue weighted by atomic mass is 35.5. The molecule has 244 valence electrons. The number of benzene rings is 3. The molecule has 11 heteroatoms. The van der Waals surface area contributed by atoms with Crippen LogP contribution in [-0.4, -0.2) is 64.9 Å². The third-order valence-corrected chi connectivity index (χ3v) is 7.29. The van der Waals surface area contributed by atoms with Crippen molar-refractivity contribution < 1.29 is 23.3 Å². The minimum Gasteiger partial charge on any atom is -0.472 e. The van der Waals surface area contributed by atoms with Crippen LogP contribution in [0.5, 0.6) is 5.88 Å². The summed E-state index contributed by atoms with van der Waals surface area (Å²) in [5.74, 6) is 0.850. The van der Waals surface area contributed by atoms with Crippen molar-refractivity contribution in [2.45, 2.75) is 45.8 Å². The van der Waals surface area contributed by atoms with Gasteiger partial charge in [0.25, 0.3) is 0 Å². The lowest BCUT2D eigenvalue weighted by atomic mass is 10.00. The van der Waals surface area contributed by atoms with Crippen molar-refractivity contribution in [2.75, 3.05) is 39.6 Å². The van der Waals surface area contributed by atoms with E-state index in [0.717, 1.165) is 39.0 Å². The molecule has 2 aromatic heterocycles. The summed E-state index contributed by atoms with van der Waals surface area (Å²) in [7, 11) is 0. The Morgan fingerprint density at radius 1 is 0.848 bits per heavy atom. The predicted octanol–water partition coefficient (Wildman–Crippen LogP) is 6.68. The zero-order valence-corrected chi connectivity index (χ0v) is 27.3. The fraction of sp³-hybridized carbons (Fsp3) is 0.371. The van der Waals surface area contributed by atoms with E-state index >= 15 is 0 Å². The number of H-pyrrole nitrogens is 1. The number of halogens is 2. The largest absolute Gasteiger partial charge is 0.472 e. The van der Waals surface area contributed by atoms with Crippen molar-refractivity contribution in [1.29, 1.82) is 0 Å². The second-order valence-electron chi connectivity index (χ2n) is 11.9. The lowest BCUT2D eigenvalue weighted by molar-refractivity contribution is 0.0119. The van der Waals surface area contributed by atoms with Gasteiger partial charge in [0, 0.05) is 22.7 Å². The summed E-state index contributed by atoms with van der Waals surface area (Å²) in [6, 6.07) is 20.2. The molecule has 0 amide bonds. The van der Waals surface area contributed by atoms with Gasteiger partial charge in [-0.2, -0.15) is 9.78 Å². The average Bonchev–Trinajstić information content (AvgIpc) is 3.60. The molecule has 46 heavy (non-hydrogen) atoms. The highest BCUT2D eigenvalue weighted by Gasteiger charge is 2.27. The number of nitrogens with zero attached hydrogens (tertiary/aromatic N) is 3. The van der Waals surface area contributed by atoms with Gasteiger partial charge in [-0.1, -0.05) is 48.0 Å². The highest BCUT2D eigenvalue weighted by molar-refractivity contribution is 6.31. The molecule has 3 aromatic carbocycles. The Kier molecular flexibility index (Phi) is 11.4. The molecule has 0 saturated heterocycles. The van der Waals surface area contributed by atoms with Crippen LogP contribution in [0.3, 0.4) is 0 Å². The summed E-state index contributed by atoms with van der Waals surface area (Å²) in [6.45, 7) is 9.50. The third-order valence-electron chi connectivity index (χ3n) is 7.05. The number of aromatic nitrogens is 4. The van der Waals surface area contributed by atoms with Crippen molar-refractivity contribution in [1.82, 2.24) is 19.7 Å². The van der Waals surface area contributed by atoms with E-state index in [4.69, 9.17) is 46.4 Å². The molecule has 0 aliphatic carbocycles. The van der Waals surface area contributed by atoms with Crippen molar-refractivity contribution >= 4 is 22.6 Å². The Labute approximate surface area is 273 Å². The number of imidazole rings is 1. The number of fused-ring (bicyclic) bond motifs is 1. The fourth-order valence-electron chi connectivity index (χ4n) is 4.89. The molecule has 0 unspecified atom stereocenters. The van der Waals surface area contributed by atoms with E-state index in [0.29, 0.717) is 75.9 Å². The zero-order chi connectivity index (χ0) is 32.5. The van der Waals surface area contributed by atoms with Crippen LogP contribution < -0.4 is 10.5 Å². The van der Waals surface area contributed by atoms with Crippen molar-refractivity contribution in [3.05, 3.63) is 94.3 Å². The predicted molar refractivity (Wildman–Crippen MR) is 178 cm³/mol. The Bertz CT molecular complexity index is 1700. The van der Waals surface area contributed by atoms with Gasteiger partial charge in [-0.05, 0) is 75.1 Å². The van der Waals surface area contributed by atoms with Crippen LogP contribution >= 0.6 is 11.6 Å². The quantitative estimate of drug-likeness (QED) is 0.115. The van der Waals surface area contributed by atoms with Crippen LogP contribution in [0.4, 0.5) is 4.39 Å². The molecule has 5 aromatic rings. The summed E-state index contributed by atoms with van der Waals surface area (Å²) in [6.07, 6.45) is 1.28. The Hall–Kier alpha value is -3.80. The molecule has 0 spiro atoms. The zero-order valence-electron chi connectivity index (χ0n) is 26.5. The fourth-order valence-corrected chi connectivity index (χ4v) is 5.06. The monoisotopic (exact) mass is 649 g/mol. The molecule has 0 atom stereocenters. The van der Waals surface area contributed by atoms with E-state index in [1.807, 2.05) is 75.4 Å². The van der Waals surface area contributed by atoms with E-state index in [1.54, 1.807) is 4.68 Å². The summed E-state index contributed by atoms with van der Waals surface area (Å²) in [4.78, 5) is 8.16. The van der Waals surface area contributed by atoms with Gasteiger partial charge in [0.15, 0.2) is 0 Å². The number of nitrogens with two attached hydrogens (primary N) is 1. The molecule has 9 nitrogen and oxygen atoms in total. The van der Waals surface area contributed by atoms with E-state index < -0.39 is 5.60 Å². The summed E-state index contributed by atoms with van der Waals surface area (Å²) >= 11 is 6.26. The van der Waals surface area contributed by atoms with Crippen LogP contribution in [-0.2, 0) is 33.7 Å². The maximum Gasteiger partial charge on any atom is 0.232 e. The topological polar surface area (TPSA) is 109 Å². The van der Waals surface area contributed by atoms with Gasteiger partial charge >= 0.3 is 0 Å². The van der Waals surface area contributed by atoms with Gasteiger partial charge in [0.05, 0.1) is 50.7 Å². The van der Waals surface area contributed by atoms with Gasteiger partial charge in [0.1, 0.15) is 17.1 Å².